The van der Waals surface area contributed by atoms with Crippen molar-refractivity contribution >= 4 is 11.9 Å². The first-order chi connectivity index (χ1) is 13.7. The smallest absolute Gasteiger partial charge is 0.239 e. The first kappa shape index (κ1) is 22.0. The summed E-state index contributed by atoms with van der Waals surface area (Å²) >= 11 is 0. The molecular weight excluding hydrogens is 358 g/mol. The van der Waals surface area contributed by atoms with E-state index in [2.05, 4.69) is 38.0 Å². The number of hydrogen-bond donors (Lipinski definition) is 3. The molecule has 1 aliphatic rings. The molecule has 1 atom stereocenters. The van der Waals surface area contributed by atoms with Crippen LogP contribution in [0, 0.1) is 0 Å². The third kappa shape index (κ3) is 7.01. The van der Waals surface area contributed by atoms with Gasteiger partial charge in [-0.2, -0.15) is 0 Å². The summed E-state index contributed by atoms with van der Waals surface area (Å²) in [6, 6.07) is 8.41. The van der Waals surface area contributed by atoms with Crippen LogP contribution in [0.15, 0.2) is 29.3 Å². The van der Waals surface area contributed by atoms with Gasteiger partial charge in [0.2, 0.25) is 5.91 Å². The average Bonchev–Trinajstić information content (AvgIpc) is 3.25. The van der Waals surface area contributed by atoms with Gasteiger partial charge in [-0.15, -0.1) is 0 Å². The van der Waals surface area contributed by atoms with Gasteiger partial charge >= 0.3 is 0 Å². The molecule has 0 bridgehead atoms. The van der Waals surface area contributed by atoms with Crippen LogP contribution >= 0.6 is 0 Å². The van der Waals surface area contributed by atoms with Crippen LogP contribution in [0.1, 0.15) is 24.4 Å². The predicted octanol–water partition coefficient (Wildman–Crippen LogP) is 0.760. The van der Waals surface area contributed by atoms with Gasteiger partial charge in [-0.25, -0.2) is 0 Å². The highest BCUT2D eigenvalue weighted by molar-refractivity contribution is 5.86. The maximum atomic E-state index is 11.8. The summed E-state index contributed by atoms with van der Waals surface area (Å²) in [5, 5.41) is 9.20. The Hall–Kier alpha value is -2.32. The number of nitrogens with zero attached hydrogens (tertiary/aromatic N) is 2. The van der Waals surface area contributed by atoms with Gasteiger partial charge in [0.05, 0.1) is 26.3 Å². The van der Waals surface area contributed by atoms with E-state index < -0.39 is 0 Å². The van der Waals surface area contributed by atoms with Crippen molar-refractivity contribution < 1.29 is 14.3 Å². The molecule has 1 unspecified atom stereocenters. The minimum absolute atomic E-state index is 0.0936. The predicted molar refractivity (Wildman–Crippen MR) is 111 cm³/mol. The van der Waals surface area contributed by atoms with Crippen molar-refractivity contribution in [2.24, 2.45) is 4.99 Å². The number of guanidine groups is 1. The van der Waals surface area contributed by atoms with Crippen molar-refractivity contribution in [2.75, 3.05) is 60.6 Å². The first-order valence-corrected chi connectivity index (χ1v) is 9.76. The Kier molecular flexibility index (Phi) is 9.57. The van der Waals surface area contributed by atoms with Crippen LogP contribution in [0.25, 0.3) is 0 Å². The highest BCUT2D eigenvalue weighted by Crippen LogP contribution is 2.27. The molecule has 1 saturated heterocycles. The summed E-state index contributed by atoms with van der Waals surface area (Å²) in [5.41, 5.74) is 1.21. The second kappa shape index (κ2) is 12.2. The number of rotatable bonds is 10. The number of likely N-dealkylation sites (tertiary alicyclic amines) is 1. The molecule has 1 fully saturated rings. The Morgan fingerprint density at radius 2 is 2.00 bits per heavy atom. The van der Waals surface area contributed by atoms with Gasteiger partial charge in [0.15, 0.2) is 5.96 Å². The molecule has 0 spiro atoms. The molecule has 2 rings (SSSR count). The van der Waals surface area contributed by atoms with Crippen LogP contribution in [0.2, 0.25) is 0 Å². The van der Waals surface area contributed by atoms with Gasteiger partial charge in [-0.05, 0) is 43.6 Å². The van der Waals surface area contributed by atoms with Crippen molar-refractivity contribution in [3.05, 3.63) is 29.8 Å². The van der Waals surface area contributed by atoms with Crippen LogP contribution in [-0.2, 0) is 9.53 Å². The molecule has 0 saturated carbocycles. The van der Waals surface area contributed by atoms with E-state index in [4.69, 9.17) is 9.47 Å². The van der Waals surface area contributed by atoms with Crippen LogP contribution in [0.3, 0.4) is 0 Å². The summed E-state index contributed by atoms with van der Waals surface area (Å²) in [6.07, 6.45) is 2.43. The lowest BCUT2D eigenvalue weighted by Gasteiger charge is -2.29. The summed E-state index contributed by atoms with van der Waals surface area (Å²) in [5.74, 6) is 1.37. The molecule has 1 aliphatic heterocycles. The molecule has 8 heteroatoms. The molecule has 1 aromatic rings. The molecular formula is C20H33N5O3. The fraction of sp³-hybridized carbons (Fsp3) is 0.600. The van der Waals surface area contributed by atoms with Gasteiger partial charge in [-0.3, -0.25) is 14.7 Å². The van der Waals surface area contributed by atoms with Crippen molar-refractivity contribution in [2.45, 2.75) is 18.9 Å². The summed E-state index contributed by atoms with van der Waals surface area (Å²) in [7, 11) is 5.00. The summed E-state index contributed by atoms with van der Waals surface area (Å²) in [6.45, 7) is 4.01. The number of methoxy groups -OCH3 is 2. The van der Waals surface area contributed by atoms with Gasteiger partial charge in [0, 0.05) is 27.2 Å². The largest absolute Gasteiger partial charge is 0.497 e. The van der Waals surface area contributed by atoms with Crippen molar-refractivity contribution in [3.63, 3.8) is 0 Å². The maximum Gasteiger partial charge on any atom is 0.239 e. The Morgan fingerprint density at radius 3 is 2.68 bits per heavy atom. The number of ether oxygens (including phenoxy) is 2. The number of amides is 1. The minimum Gasteiger partial charge on any atom is -0.497 e. The zero-order valence-corrected chi connectivity index (χ0v) is 17.2. The molecule has 8 nitrogen and oxygen atoms in total. The number of hydrogen-bond acceptors (Lipinski definition) is 5. The molecule has 1 heterocycles. The van der Waals surface area contributed by atoms with E-state index >= 15 is 0 Å². The van der Waals surface area contributed by atoms with E-state index in [-0.39, 0.29) is 18.5 Å². The first-order valence-electron chi connectivity index (χ1n) is 9.76. The second-order valence-electron chi connectivity index (χ2n) is 6.68. The van der Waals surface area contributed by atoms with E-state index in [9.17, 15) is 4.79 Å². The Bertz CT molecular complexity index is 632. The third-order valence-electron chi connectivity index (χ3n) is 4.79. The molecule has 1 amide bonds. The highest BCUT2D eigenvalue weighted by atomic mass is 16.5. The molecule has 156 valence electrons. The summed E-state index contributed by atoms with van der Waals surface area (Å²) < 4.78 is 10.3. The van der Waals surface area contributed by atoms with Crippen LogP contribution in [-0.4, -0.2) is 77.4 Å². The van der Waals surface area contributed by atoms with Crippen LogP contribution in [0.4, 0.5) is 0 Å². The fourth-order valence-electron chi connectivity index (χ4n) is 3.29. The average molecular weight is 392 g/mol. The summed E-state index contributed by atoms with van der Waals surface area (Å²) in [4.78, 5) is 18.6. The van der Waals surface area contributed by atoms with Crippen LogP contribution in [0.5, 0.6) is 5.75 Å². The fourth-order valence-corrected chi connectivity index (χ4v) is 3.29. The number of nitrogens with one attached hydrogen (secondary N) is 3. The van der Waals surface area contributed by atoms with E-state index in [0.29, 0.717) is 25.7 Å². The molecule has 0 radical (unpaired) electrons. The van der Waals surface area contributed by atoms with Crippen molar-refractivity contribution in [3.8, 4) is 5.75 Å². The normalized spacial score (nSPS) is 15.9. The standard InChI is InChI=1S/C20H33N5O3/c1-21-20(24-15-19(26)22-9-12-27-2)23-14-18(25-10-4-5-11-25)16-7-6-8-17(13-16)28-3/h6-8,13,18H,4-5,9-12,14-15H2,1-3H3,(H,22,26)(H2,21,23,24). The second-order valence-corrected chi connectivity index (χ2v) is 6.68. The number of carbonyl (C=O) groups is 1. The van der Waals surface area contributed by atoms with Crippen LogP contribution < -0.4 is 20.7 Å². The van der Waals surface area contributed by atoms with Crippen molar-refractivity contribution in [1.82, 2.24) is 20.9 Å². The van der Waals surface area contributed by atoms with Gasteiger partial charge < -0.3 is 25.4 Å². The van der Waals surface area contributed by atoms with Gasteiger partial charge in [-0.1, -0.05) is 12.1 Å². The minimum atomic E-state index is -0.0936. The zero-order valence-electron chi connectivity index (χ0n) is 17.2. The number of carbonyl (C=O) groups excluding carboxylic acids is 1. The molecule has 28 heavy (non-hydrogen) atoms. The Balaban J connectivity index is 1.92. The number of aliphatic imine (C=N–C) groups is 1. The zero-order chi connectivity index (χ0) is 20.2. The maximum absolute atomic E-state index is 11.8. The Morgan fingerprint density at radius 1 is 1.21 bits per heavy atom. The topological polar surface area (TPSA) is 87.2 Å². The highest BCUT2D eigenvalue weighted by Gasteiger charge is 2.24. The monoisotopic (exact) mass is 391 g/mol. The van der Waals surface area contributed by atoms with E-state index in [1.807, 2.05) is 12.1 Å². The van der Waals surface area contributed by atoms with Gasteiger partial charge in [0.1, 0.15) is 5.75 Å². The quantitative estimate of drug-likeness (QED) is 0.310. The van der Waals surface area contributed by atoms with E-state index in [0.717, 1.165) is 18.8 Å². The Labute approximate surface area is 167 Å². The SMILES string of the molecule is CN=C(NCC(=O)NCCOC)NCC(c1cccc(OC)c1)N1CCCC1. The lowest BCUT2D eigenvalue weighted by atomic mass is 10.1. The van der Waals surface area contributed by atoms with E-state index in [1.54, 1.807) is 21.3 Å². The molecule has 1 aromatic carbocycles. The lowest BCUT2D eigenvalue weighted by Crippen LogP contribution is -2.46. The van der Waals surface area contributed by atoms with Gasteiger partial charge in [0.25, 0.3) is 0 Å². The number of benzene rings is 1. The van der Waals surface area contributed by atoms with Crippen molar-refractivity contribution in [1.29, 1.82) is 0 Å². The molecule has 0 aromatic heterocycles. The molecule has 0 aliphatic carbocycles. The lowest BCUT2D eigenvalue weighted by molar-refractivity contribution is -0.120. The third-order valence-corrected chi connectivity index (χ3v) is 4.79. The van der Waals surface area contributed by atoms with E-state index in [1.165, 1.54) is 18.4 Å². The molecule has 3 N–H and O–H groups in total.